The van der Waals surface area contributed by atoms with Crippen LogP contribution >= 0.6 is 0 Å². The molecule has 0 aliphatic rings. The van der Waals surface area contributed by atoms with Gasteiger partial charge in [-0.15, -0.1) is 0 Å². The van der Waals surface area contributed by atoms with Gasteiger partial charge in [-0.1, -0.05) is 65.5 Å². The van der Waals surface area contributed by atoms with Crippen LogP contribution in [-0.4, -0.2) is 5.11 Å². The molecule has 19 heavy (non-hydrogen) atoms. The predicted molar refractivity (Wildman–Crippen MR) is 83.9 cm³/mol. The zero-order valence-electron chi connectivity index (χ0n) is 13.1. The number of hydrogen-bond donors (Lipinski definition) is 1. The average molecular weight is 262 g/mol. The SMILES string of the molecule is CCCCCC(C)(C)c1ccc(O)c(CCCC)c1. The molecule has 0 fully saturated rings. The van der Waals surface area contributed by atoms with Crippen LogP contribution in [-0.2, 0) is 11.8 Å². The van der Waals surface area contributed by atoms with Gasteiger partial charge in [0.05, 0.1) is 0 Å². The molecule has 1 rings (SSSR count). The fourth-order valence-corrected chi connectivity index (χ4v) is 2.54. The number of aromatic hydroxyl groups is 1. The summed E-state index contributed by atoms with van der Waals surface area (Å²) in [5.41, 5.74) is 2.69. The van der Waals surface area contributed by atoms with Gasteiger partial charge in [0.2, 0.25) is 0 Å². The maximum Gasteiger partial charge on any atom is 0.118 e. The van der Waals surface area contributed by atoms with E-state index in [1.165, 1.54) is 37.7 Å². The molecule has 0 unspecified atom stereocenters. The third-order valence-electron chi connectivity index (χ3n) is 4.07. The number of phenols is 1. The van der Waals surface area contributed by atoms with Crippen molar-refractivity contribution in [3.63, 3.8) is 0 Å². The minimum Gasteiger partial charge on any atom is -0.508 e. The van der Waals surface area contributed by atoms with Gasteiger partial charge in [-0.05, 0) is 41.9 Å². The first-order valence-corrected chi connectivity index (χ1v) is 7.83. The monoisotopic (exact) mass is 262 g/mol. The van der Waals surface area contributed by atoms with Crippen LogP contribution in [0.15, 0.2) is 18.2 Å². The Kier molecular flexibility index (Phi) is 6.41. The number of phenolic OH excluding ortho intramolecular Hbond substituents is 1. The lowest BCUT2D eigenvalue weighted by Gasteiger charge is -2.26. The Morgan fingerprint density at radius 1 is 1.00 bits per heavy atom. The fourth-order valence-electron chi connectivity index (χ4n) is 2.54. The van der Waals surface area contributed by atoms with Crippen LogP contribution in [0.2, 0.25) is 0 Å². The molecule has 1 aromatic rings. The lowest BCUT2D eigenvalue weighted by molar-refractivity contribution is 0.444. The average Bonchev–Trinajstić information content (AvgIpc) is 2.37. The molecule has 0 aromatic heterocycles. The number of rotatable bonds is 8. The first-order valence-electron chi connectivity index (χ1n) is 7.83. The molecule has 0 amide bonds. The van der Waals surface area contributed by atoms with Crippen LogP contribution in [0.5, 0.6) is 5.75 Å². The Morgan fingerprint density at radius 3 is 2.32 bits per heavy atom. The second-order valence-corrected chi connectivity index (χ2v) is 6.29. The number of unbranched alkanes of at least 4 members (excludes halogenated alkanes) is 3. The molecule has 0 atom stereocenters. The van der Waals surface area contributed by atoms with Crippen LogP contribution in [0.4, 0.5) is 0 Å². The second kappa shape index (κ2) is 7.57. The summed E-state index contributed by atoms with van der Waals surface area (Å²) in [5, 5.41) is 9.94. The van der Waals surface area contributed by atoms with E-state index < -0.39 is 0 Å². The van der Waals surface area contributed by atoms with Crippen molar-refractivity contribution >= 4 is 0 Å². The summed E-state index contributed by atoms with van der Waals surface area (Å²) in [6, 6.07) is 6.19. The highest BCUT2D eigenvalue weighted by molar-refractivity contribution is 5.39. The van der Waals surface area contributed by atoms with E-state index in [9.17, 15) is 5.11 Å². The topological polar surface area (TPSA) is 20.2 Å². The molecule has 0 spiro atoms. The van der Waals surface area contributed by atoms with Crippen LogP contribution in [0.25, 0.3) is 0 Å². The quantitative estimate of drug-likeness (QED) is 0.605. The van der Waals surface area contributed by atoms with E-state index in [1.807, 2.05) is 6.07 Å². The Balaban J connectivity index is 2.81. The van der Waals surface area contributed by atoms with Crippen molar-refractivity contribution in [2.45, 2.75) is 78.1 Å². The third-order valence-corrected chi connectivity index (χ3v) is 4.07. The van der Waals surface area contributed by atoms with Crippen molar-refractivity contribution < 1.29 is 5.11 Å². The predicted octanol–water partition coefficient (Wildman–Crippen LogP) is 5.59. The van der Waals surface area contributed by atoms with E-state index in [2.05, 4.69) is 39.8 Å². The molecule has 0 radical (unpaired) electrons. The first kappa shape index (κ1) is 16.1. The first-order chi connectivity index (χ1) is 9.01. The van der Waals surface area contributed by atoms with E-state index in [-0.39, 0.29) is 5.41 Å². The van der Waals surface area contributed by atoms with Crippen LogP contribution in [0.1, 0.15) is 77.3 Å². The van der Waals surface area contributed by atoms with Gasteiger partial charge in [-0.2, -0.15) is 0 Å². The van der Waals surface area contributed by atoms with Crippen LogP contribution < -0.4 is 0 Å². The van der Waals surface area contributed by atoms with Crippen molar-refractivity contribution in [3.05, 3.63) is 29.3 Å². The van der Waals surface area contributed by atoms with Crippen molar-refractivity contribution in [2.75, 3.05) is 0 Å². The summed E-state index contributed by atoms with van der Waals surface area (Å²) in [7, 11) is 0. The van der Waals surface area contributed by atoms with Crippen molar-refractivity contribution in [1.82, 2.24) is 0 Å². The number of benzene rings is 1. The Morgan fingerprint density at radius 2 is 1.68 bits per heavy atom. The number of hydrogen-bond acceptors (Lipinski definition) is 1. The lowest BCUT2D eigenvalue weighted by atomic mass is 9.79. The lowest BCUT2D eigenvalue weighted by Crippen LogP contribution is -2.17. The molecule has 1 N–H and O–H groups in total. The second-order valence-electron chi connectivity index (χ2n) is 6.29. The zero-order valence-corrected chi connectivity index (χ0v) is 13.1. The van der Waals surface area contributed by atoms with Crippen LogP contribution in [0, 0.1) is 0 Å². The summed E-state index contributed by atoms with van der Waals surface area (Å²) in [5.74, 6) is 0.460. The maximum atomic E-state index is 9.94. The molecule has 0 heterocycles. The highest BCUT2D eigenvalue weighted by atomic mass is 16.3. The highest BCUT2D eigenvalue weighted by Crippen LogP contribution is 2.32. The summed E-state index contributed by atoms with van der Waals surface area (Å²) in [4.78, 5) is 0. The molecule has 108 valence electrons. The van der Waals surface area contributed by atoms with Crippen molar-refractivity contribution in [2.24, 2.45) is 0 Å². The molecular formula is C18H30O. The van der Waals surface area contributed by atoms with Gasteiger partial charge in [0.15, 0.2) is 0 Å². The summed E-state index contributed by atoms with van der Waals surface area (Å²) in [6.45, 7) is 9.07. The molecule has 0 saturated heterocycles. The molecule has 0 bridgehead atoms. The fraction of sp³-hybridized carbons (Fsp3) is 0.667. The summed E-state index contributed by atoms with van der Waals surface area (Å²) < 4.78 is 0. The smallest absolute Gasteiger partial charge is 0.118 e. The normalized spacial score (nSPS) is 11.8. The molecule has 0 saturated carbocycles. The van der Waals surface area contributed by atoms with E-state index >= 15 is 0 Å². The van der Waals surface area contributed by atoms with Crippen molar-refractivity contribution in [3.8, 4) is 5.75 Å². The molecule has 0 aliphatic carbocycles. The van der Waals surface area contributed by atoms with Crippen molar-refractivity contribution in [1.29, 1.82) is 0 Å². The minimum atomic E-state index is 0.212. The molecular weight excluding hydrogens is 232 g/mol. The Hall–Kier alpha value is -0.980. The standard InChI is InChI=1S/C18H30O/c1-5-7-9-13-18(3,4)16-11-12-17(19)15(14-16)10-8-6-2/h11-12,14,19H,5-10,13H2,1-4H3. The van der Waals surface area contributed by atoms with Crippen LogP contribution in [0.3, 0.4) is 0 Å². The van der Waals surface area contributed by atoms with Gasteiger partial charge >= 0.3 is 0 Å². The van der Waals surface area contributed by atoms with Gasteiger partial charge in [-0.25, -0.2) is 0 Å². The molecule has 1 heteroatoms. The summed E-state index contributed by atoms with van der Waals surface area (Å²) in [6.07, 6.45) is 8.39. The van der Waals surface area contributed by atoms with Gasteiger partial charge in [0.1, 0.15) is 5.75 Å². The zero-order chi connectivity index (χ0) is 14.3. The van der Waals surface area contributed by atoms with Gasteiger partial charge in [0, 0.05) is 0 Å². The largest absolute Gasteiger partial charge is 0.508 e. The highest BCUT2D eigenvalue weighted by Gasteiger charge is 2.20. The Labute approximate surface area is 119 Å². The van der Waals surface area contributed by atoms with E-state index in [1.54, 1.807) is 0 Å². The summed E-state index contributed by atoms with van der Waals surface area (Å²) >= 11 is 0. The van der Waals surface area contributed by atoms with E-state index in [4.69, 9.17) is 0 Å². The van der Waals surface area contributed by atoms with Gasteiger partial charge in [-0.3, -0.25) is 0 Å². The third kappa shape index (κ3) is 4.89. The Bertz CT molecular complexity index is 379. The minimum absolute atomic E-state index is 0.212. The molecule has 1 nitrogen and oxygen atoms in total. The number of aryl methyl sites for hydroxylation is 1. The molecule has 1 aromatic carbocycles. The van der Waals surface area contributed by atoms with Gasteiger partial charge in [0.25, 0.3) is 0 Å². The van der Waals surface area contributed by atoms with Gasteiger partial charge < -0.3 is 5.11 Å². The molecule has 0 aliphatic heterocycles. The maximum absolute atomic E-state index is 9.94. The van der Waals surface area contributed by atoms with E-state index in [0.717, 1.165) is 18.4 Å². The van der Waals surface area contributed by atoms with E-state index in [0.29, 0.717) is 5.75 Å².